The van der Waals surface area contributed by atoms with Crippen LogP contribution in [0, 0.1) is 0 Å². The number of nitrogens with one attached hydrogen (secondary N) is 3. The number of anilines is 2. The van der Waals surface area contributed by atoms with E-state index in [0.29, 0.717) is 33.8 Å². The minimum atomic E-state index is -0.974. The Hall–Kier alpha value is -4.81. The van der Waals surface area contributed by atoms with Gasteiger partial charge in [0.2, 0.25) is 17.8 Å². The molecule has 6 heterocycles. The fourth-order valence-corrected chi connectivity index (χ4v) is 7.65. The molecule has 13 heteroatoms. The second-order valence-corrected chi connectivity index (χ2v) is 13.1. The summed E-state index contributed by atoms with van der Waals surface area (Å²) in [6.07, 6.45) is 6.83. The van der Waals surface area contributed by atoms with Crippen LogP contribution in [-0.4, -0.2) is 92.7 Å². The van der Waals surface area contributed by atoms with Gasteiger partial charge in [0.1, 0.15) is 6.04 Å². The van der Waals surface area contributed by atoms with Crippen LogP contribution in [0.25, 0.3) is 22.2 Å². The highest BCUT2D eigenvalue weighted by atomic mass is 35.5. The maximum absolute atomic E-state index is 13.4. The molecule has 3 saturated heterocycles. The first-order valence-corrected chi connectivity index (χ1v) is 16.4. The van der Waals surface area contributed by atoms with E-state index in [9.17, 15) is 19.2 Å². The molecule has 47 heavy (non-hydrogen) atoms. The minimum absolute atomic E-state index is 0.0931. The van der Waals surface area contributed by atoms with Crippen molar-refractivity contribution in [3.8, 4) is 11.3 Å². The molecule has 3 atom stereocenters. The standard InChI is InChI=1S/C34H33ClN8O4/c35-26-16-37-34(40-30(26)25-15-36-27-6-2-1-5-22(25)27)38-19-11-13-42(17-19)21-4-3-12-41(18-21)20-7-8-23-24(14-20)33(47)43(32(23)46)28-9-10-29(44)39-31(28)45/h1-2,5-8,14-16,19,21,28,36H,3-4,9-13,17-18H2,(H,37,38,40)(H,39,44,45)/t19-,21?,28?/m1/s1. The molecule has 3 N–H and O–H groups in total. The van der Waals surface area contributed by atoms with Gasteiger partial charge in [-0.2, -0.15) is 0 Å². The number of imide groups is 2. The predicted molar refractivity (Wildman–Crippen MR) is 176 cm³/mol. The zero-order valence-electron chi connectivity index (χ0n) is 25.5. The molecule has 0 spiro atoms. The molecule has 240 valence electrons. The van der Waals surface area contributed by atoms with Crippen LogP contribution in [0.15, 0.2) is 54.9 Å². The second kappa shape index (κ2) is 11.8. The van der Waals surface area contributed by atoms with E-state index in [1.165, 1.54) is 0 Å². The van der Waals surface area contributed by atoms with Gasteiger partial charge in [-0.1, -0.05) is 29.8 Å². The van der Waals surface area contributed by atoms with Gasteiger partial charge in [-0.05, 0) is 49.9 Å². The average molecular weight is 653 g/mol. The van der Waals surface area contributed by atoms with E-state index in [1.807, 2.05) is 36.5 Å². The molecule has 12 nitrogen and oxygen atoms in total. The molecule has 4 aromatic rings. The Kier molecular flexibility index (Phi) is 7.41. The molecule has 3 fully saturated rings. The summed E-state index contributed by atoms with van der Waals surface area (Å²) in [5.74, 6) is -1.42. The van der Waals surface area contributed by atoms with E-state index in [1.54, 1.807) is 18.3 Å². The number of aromatic nitrogens is 3. The lowest BCUT2D eigenvalue weighted by atomic mass is 10.0. The molecule has 2 aromatic heterocycles. The van der Waals surface area contributed by atoms with E-state index in [0.717, 1.165) is 72.5 Å². The number of piperidine rings is 2. The molecule has 4 aliphatic rings. The van der Waals surface area contributed by atoms with Gasteiger partial charge in [-0.15, -0.1) is 0 Å². The summed E-state index contributed by atoms with van der Waals surface area (Å²) in [5, 5.41) is 7.34. The molecule has 8 rings (SSSR count). The Morgan fingerprint density at radius 2 is 1.77 bits per heavy atom. The number of fused-ring (bicyclic) bond motifs is 2. The number of benzene rings is 2. The van der Waals surface area contributed by atoms with Crippen LogP contribution in [-0.2, 0) is 9.59 Å². The zero-order chi connectivity index (χ0) is 32.2. The van der Waals surface area contributed by atoms with Crippen LogP contribution in [0.4, 0.5) is 11.6 Å². The van der Waals surface area contributed by atoms with Crippen LogP contribution >= 0.6 is 11.6 Å². The van der Waals surface area contributed by atoms with Crippen molar-refractivity contribution in [2.24, 2.45) is 0 Å². The minimum Gasteiger partial charge on any atom is -0.370 e. The number of aromatic amines is 1. The van der Waals surface area contributed by atoms with Gasteiger partial charge in [0.15, 0.2) is 0 Å². The number of likely N-dealkylation sites (tertiary alicyclic amines) is 1. The highest BCUT2D eigenvalue weighted by Gasteiger charge is 2.45. The molecule has 2 unspecified atom stereocenters. The SMILES string of the molecule is O=C1CCC(N2C(=O)c3ccc(N4CCCC(N5CC[C@@H](Nc6ncc(Cl)c(-c7c[nH]c8ccccc78)n6)C5)C4)cc3C2=O)C(=O)N1. The molecule has 0 saturated carbocycles. The van der Waals surface area contributed by atoms with Gasteiger partial charge in [-0.3, -0.25) is 34.3 Å². The fraction of sp³-hybridized carbons (Fsp3) is 0.353. The van der Waals surface area contributed by atoms with Crippen molar-refractivity contribution in [3.05, 3.63) is 71.0 Å². The molecule has 4 aliphatic heterocycles. The summed E-state index contributed by atoms with van der Waals surface area (Å²) in [5.41, 5.74) is 4.13. The van der Waals surface area contributed by atoms with Crippen LogP contribution in [0.5, 0.6) is 0 Å². The molecular formula is C34H33ClN8O4. The highest BCUT2D eigenvalue weighted by molar-refractivity contribution is 6.33. The lowest BCUT2D eigenvalue weighted by Gasteiger charge is -2.39. The van der Waals surface area contributed by atoms with Crippen LogP contribution in [0.2, 0.25) is 5.02 Å². The predicted octanol–water partition coefficient (Wildman–Crippen LogP) is 3.83. The number of rotatable bonds is 6. The maximum Gasteiger partial charge on any atom is 0.262 e. The van der Waals surface area contributed by atoms with E-state index >= 15 is 0 Å². The number of hydrogen-bond donors (Lipinski definition) is 3. The number of hydrogen-bond acceptors (Lipinski definition) is 9. The van der Waals surface area contributed by atoms with Gasteiger partial charge in [0.05, 0.1) is 28.0 Å². The Labute approximate surface area is 275 Å². The number of para-hydroxylation sites is 1. The van der Waals surface area contributed by atoms with Gasteiger partial charge in [-0.25, -0.2) is 9.97 Å². The van der Waals surface area contributed by atoms with Crippen molar-refractivity contribution >= 4 is 57.8 Å². The van der Waals surface area contributed by atoms with Crippen LogP contribution < -0.4 is 15.5 Å². The highest BCUT2D eigenvalue weighted by Crippen LogP contribution is 2.34. The topological polar surface area (TPSA) is 144 Å². The van der Waals surface area contributed by atoms with Crippen molar-refractivity contribution in [1.82, 2.24) is 30.1 Å². The number of halogens is 1. The van der Waals surface area contributed by atoms with E-state index < -0.39 is 23.8 Å². The molecule has 2 aromatic carbocycles. The van der Waals surface area contributed by atoms with E-state index in [4.69, 9.17) is 16.6 Å². The van der Waals surface area contributed by atoms with Crippen molar-refractivity contribution in [2.45, 2.75) is 50.2 Å². The first-order valence-electron chi connectivity index (χ1n) is 16.0. The summed E-state index contributed by atoms with van der Waals surface area (Å²) in [6, 6.07) is 12.9. The first kappa shape index (κ1) is 29.6. The summed E-state index contributed by atoms with van der Waals surface area (Å²) in [7, 11) is 0. The van der Waals surface area contributed by atoms with Gasteiger partial charge in [0, 0.05) is 73.0 Å². The van der Waals surface area contributed by atoms with Gasteiger partial charge >= 0.3 is 0 Å². The number of carbonyl (C=O) groups is 4. The first-order chi connectivity index (χ1) is 22.8. The van der Waals surface area contributed by atoms with Crippen molar-refractivity contribution < 1.29 is 19.2 Å². The Morgan fingerprint density at radius 1 is 0.915 bits per heavy atom. The van der Waals surface area contributed by atoms with Gasteiger partial charge in [0.25, 0.3) is 11.8 Å². The Bertz CT molecular complexity index is 1940. The summed E-state index contributed by atoms with van der Waals surface area (Å²) in [6.45, 7) is 3.44. The molecule has 0 bridgehead atoms. The van der Waals surface area contributed by atoms with Crippen LogP contribution in [0.1, 0.15) is 52.8 Å². The Balaban J connectivity index is 0.931. The number of carbonyl (C=O) groups excluding carboxylic acids is 4. The second-order valence-electron chi connectivity index (χ2n) is 12.7. The lowest BCUT2D eigenvalue weighted by Crippen LogP contribution is -2.54. The quantitative estimate of drug-likeness (QED) is 0.265. The normalized spacial score (nSPS) is 23.5. The third-order valence-corrected chi connectivity index (χ3v) is 10.1. The molecule has 0 aliphatic carbocycles. The van der Waals surface area contributed by atoms with Crippen molar-refractivity contribution in [3.63, 3.8) is 0 Å². The lowest BCUT2D eigenvalue weighted by molar-refractivity contribution is -0.136. The third-order valence-electron chi connectivity index (χ3n) is 9.84. The number of amides is 4. The van der Waals surface area contributed by atoms with E-state index in [-0.39, 0.29) is 24.8 Å². The summed E-state index contributed by atoms with van der Waals surface area (Å²) in [4.78, 5) is 69.0. The molecular weight excluding hydrogens is 620 g/mol. The average Bonchev–Trinajstić information content (AvgIpc) is 3.79. The zero-order valence-corrected chi connectivity index (χ0v) is 26.3. The maximum atomic E-state index is 13.4. The Morgan fingerprint density at radius 3 is 2.64 bits per heavy atom. The van der Waals surface area contributed by atoms with Crippen molar-refractivity contribution in [2.75, 3.05) is 36.4 Å². The third kappa shape index (κ3) is 5.31. The number of nitrogens with zero attached hydrogens (tertiary/aromatic N) is 5. The fourth-order valence-electron chi connectivity index (χ4n) is 7.46. The molecule has 4 amide bonds. The van der Waals surface area contributed by atoms with E-state index in [2.05, 4.69) is 30.4 Å². The largest absolute Gasteiger partial charge is 0.370 e. The smallest absolute Gasteiger partial charge is 0.262 e. The van der Waals surface area contributed by atoms with Crippen LogP contribution in [0.3, 0.4) is 0 Å². The van der Waals surface area contributed by atoms with Crippen molar-refractivity contribution in [1.29, 1.82) is 0 Å². The van der Waals surface area contributed by atoms with Gasteiger partial charge < -0.3 is 15.2 Å². The summed E-state index contributed by atoms with van der Waals surface area (Å²) < 4.78 is 0. The summed E-state index contributed by atoms with van der Waals surface area (Å²) >= 11 is 6.55. The monoisotopic (exact) mass is 652 g/mol. The number of H-pyrrole nitrogens is 1. The molecule has 0 radical (unpaired) electrons.